The molecular weight excluding hydrogens is 382 g/mol. The first-order valence-corrected chi connectivity index (χ1v) is 10.6. The lowest BCUT2D eigenvalue weighted by atomic mass is 9.95. The second-order valence-corrected chi connectivity index (χ2v) is 7.75. The monoisotopic (exact) mass is 406 g/mol. The van der Waals surface area contributed by atoms with E-state index < -0.39 is 12.1 Å². The van der Waals surface area contributed by atoms with E-state index in [0.29, 0.717) is 23.1 Å². The maximum atomic E-state index is 12.4. The highest BCUT2D eigenvalue weighted by atomic mass is 32.2. The summed E-state index contributed by atoms with van der Waals surface area (Å²) in [5.41, 5.74) is 0.638. The first-order chi connectivity index (χ1) is 13.6. The van der Waals surface area contributed by atoms with Gasteiger partial charge in [0, 0.05) is 19.2 Å². The van der Waals surface area contributed by atoms with Gasteiger partial charge in [0.2, 0.25) is 0 Å². The summed E-state index contributed by atoms with van der Waals surface area (Å²) in [4.78, 5) is 18.2. The first-order valence-electron chi connectivity index (χ1n) is 9.22. The van der Waals surface area contributed by atoms with Crippen LogP contribution in [0.15, 0.2) is 24.7 Å². The third-order valence-corrected chi connectivity index (χ3v) is 5.40. The van der Waals surface area contributed by atoms with Crippen molar-refractivity contribution in [3.63, 3.8) is 0 Å². The number of allylic oxidation sites excluding steroid dienone is 1. The predicted molar refractivity (Wildman–Crippen MR) is 110 cm³/mol. The number of anilines is 1. The lowest BCUT2D eigenvalue weighted by Gasteiger charge is -2.33. The van der Waals surface area contributed by atoms with E-state index in [1.807, 2.05) is 17.8 Å². The van der Waals surface area contributed by atoms with Crippen LogP contribution in [0.2, 0.25) is 0 Å². The van der Waals surface area contributed by atoms with Crippen LogP contribution < -0.4 is 4.90 Å². The van der Waals surface area contributed by atoms with Gasteiger partial charge in [-0.3, -0.25) is 5.41 Å². The predicted octanol–water partition coefficient (Wildman–Crippen LogP) is 4.13. The van der Waals surface area contributed by atoms with Crippen LogP contribution in [0.25, 0.3) is 17.5 Å². The first kappa shape index (κ1) is 20.4. The number of aromatic nitrogens is 4. The number of alkyl halides is 2. The zero-order valence-corrected chi connectivity index (χ0v) is 16.6. The SMILES string of the molecule is CSCCC1CCCN(c2cc(-c3cnc(/C=C\C(=N)C(F)F)[nH]3)ncn2)C1. The minimum Gasteiger partial charge on any atom is -0.356 e. The minimum absolute atomic E-state index is 0.399. The third-order valence-electron chi connectivity index (χ3n) is 4.75. The molecule has 0 radical (unpaired) electrons. The molecule has 3 heterocycles. The van der Waals surface area contributed by atoms with Crippen molar-refractivity contribution in [2.45, 2.75) is 25.7 Å². The summed E-state index contributed by atoms with van der Waals surface area (Å²) in [6, 6.07) is 1.93. The molecule has 1 saturated heterocycles. The van der Waals surface area contributed by atoms with Gasteiger partial charge in [0.05, 0.1) is 23.3 Å². The number of hydrogen-bond donors (Lipinski definition) is 2. The molecule has 0 amide bonds. The van der Waals surface area contributed by atoms with Gasteiger partial charge in [-0.1, -0.05) is 0 Å². The fraction of sp³-hybridized carbons (Fsp3) is 0.474. The summed E-state index contributed by atoms with van der Waals surface area (Å²) in [5, 5.41) is 7.16. The van der Waals surface area contributed by atoms with Crippen molar-refractivity contribution < 1.29 is 8.78 Å². The molecule has 0 aliphatic carbocycles. The molecule has 2 aromatic rings. The summed E-state index contributed by atoms with van der Waals surface area (Å²) < 4.78 is 24.8. The van der Waals surface area contributed by atoms with Crippen LogP contribution >= 0.6 is 11.8 Å². The molecule has 9 heteroatoms. The fourth-order valence-electron chi connectivity index (χ4n) is 3.25. The van der Waals surface area contributed by atoms with Crippen LogP contribution in [-0.4, -0.2) is 57.2 Å². The fourth-order valence-corrected chi connectivity index (χ4v) is 3.82. The Balaban J connectivity index is 1.70. The molecule has 3 rings (SSSR count). The zero-order valence-electron chi connectivity index (χ0n) is 15.7. The largest absolute Gasteiger partial charge is 0.356 e. The second-order valence-electron chi connectivity index (χ2n) is 6.77. The van der Waals surface area contributed by atoms with Crippen molar-refractivity contribution in [1.29, 1.82) is 5.41 Å². The van der Waals surface area contributed by atoms with Crippen molar-refractivity contribution >= 4 is 29.4 Å². The number of halogens is 2. The number of H-pyrrole nitrogens is 1. The molecule has 0 aromatic carbocycles. The Morgan fingerprint density at radius 3 is 3.07 bits per heavy atom. The van der Waals surface area contributed by atoms with E-state index in [0.717, 1.165) is 31.4 Å². The Kier molecular flexibility index (Phi) is 7.13. The van der Waals surface area contributed by atoms with Gasteiger partial charge < -0.3 is 9.88 Å². The molecule has 1 aliphatic rings. The maximum absolute atomic E-state index is 12.4. The number of nitrogens with zero attached hydrogens (tertiary/aromatic N) is 4. The van der Waals surface area contributed by atoms with Crippen LogP contribution in [0.4, 0.5) is 14.6 Å². The average molecular weight is 407 g/mol. The summed E-state index contributed by atoms with van der Waals surface area (Å²) in [6.07, 6.45) is 8.54. The van der Waals surface area contributed by atoms with E-state index in [2.05, 4.69) is 31.1 Å². The molecule has 2 aromatic heterocycles. The number of rotatable bonds is 8. The molecule has 150 valence electrons. The summed E-state index contributed by atoms with van der Waals surface area (Å²) in [7, 11) is 0. The van der Waals surface area contributed by atoms with Crippen molar-refractivity contribution in [2.75, 3.05) is 30.0 Å². The van der Waals surface area contributed by atoms with Gasteiger partial charge in [-0.25, -0.2) is 23.7 Å². The summed E-state index contributed by atoms with van der Waals surface area (Å²) >= 11 is 1.89. The highest BCUT2D eigenvalue weighted by Gasteiger charge is 2.21. The van der Waals surface area contributed by atoms with Gasteiger partial charge in [0.25, 0.3) is 6.43 Å². The van der Waals surface area contributed by atoms with Crippen molar-refractivity contribution in [3.8, 4) is 11.4 Å². The van der Waals surface area contributed by atoms with Crippen molar-refractivity contribution in [1.82, 2.24) is 19.9 Å². The lowest BCUT2D eigenvalue weighted by molar-refractivity contribution is 0.226. The Labute approximate surface area is 167 Å². The Morgan fingerprint density at radius 1 is 1.43 bits per heavy atom. The van der Waals surface area contributed by atoms with Crippen LogP contribution in [0.3, 0.4) is 0 Å². The number of hydrogen-bond acceptors (Lipinski definition) is 6. The average Bonchev–Trinajstić information content (AvgIpc) is 3.20. The van der Waals surface area contributed by atoms with Crippen LogP contribution in [-0.2, 0) is 0 Å². The van der Waals surface area contributed by atoms with Gasteiger partial charge in [0.1, 0.15) is 18.0 Å². The number of aromatic amines is 1. The van der Waals surface area contributed by atoms with Crippen LogP contribution in [0, 0.1) is 11.3 Å². The molecule has 0 bridgehead atoms. The summed E-state index contributed by atoms with van der Waals surface area (Å²) in [5.74, 6) is 3.16. The topological polar surface area (TPSA) is 81.5 Å². The van der Waals surface area contributed by atoms with Gasteiger partial charge >= 0.3 is 0 Å². The highest BCUT2D eigenvalue weighted by molar-refractivity contribution is 7.98. The van der Waals surface area contributed by atoms with E-state index in [1.54, 1.807) is 12.5 Å². The van der Waals surface area contributed by atoms with E-state index >= 15 is 0 Å². The normalized spacial score (nSPS) is 17.6. The molecule has 1 fully saturated rings. The van der Waals surface area contributed by atoms with Gasteiger partial charge in [-0.15, -0.1) is 0 Å². The maximum Gasteiger partial charge on any atom is 0.279 e. The van der Waals surface area contributed by atoms with Crippen LogP contribution in [0.5, 0.6) is 0 Å². The molecular formula is C19H24F2N6S. The standard InChI is InChI=1S/C19H24F2N6S/c1-28-8-6-13-3-2-7-27(11-13)18-9-15(24-12-25-18)16-10-23-17(26-16)5-4-14(22)19(20)21/h4-5,9-10,12-13,19,22H,2-3,6-8,11H2,1H3,(H,23,26)/b5-4-,22-14?. The molecule has 6 nitrogen and oxygen atoms in total. The zero-order chi connectivity index (χ0) is 19.9. The molecule has 28 heavy (non-hydrogen) atoms. The molecule has 1 aliphatic heterocycles. The number of nitrogens with one attached hydrogen (secondary N) is 2. The lowest BCUT2D eigenvalue weighted by Crippen LogP contribution is -2.36. The Morgan fingerprint density at radius 2 is 2.29 bits per heavy atom. The van der Waals surface area contributed by atoms with E-state index in [4.69, 9.17) is 5.41 Å². The Bertz CT molecular complexity index is 822. The van der Waals surface area contributed by atoms with Gasteiger partial charge in [-0.05, 0) is 49.3 Å². The summed E-state index contributed by atoms with van der Waals surface area (Å²) in [6.45, 7) is 1.99. The van der Waals surface area contributed by atoms with E-state index in [1.165, 1.54) is 24.7 Å². The number of thioether (sulfide) groups is 1. The Hall–Kier alpha value is -2.29. The smallest absolute Gasteiger partial charge is 0.279 e. The molecule has 1 atom stereocenters. The molecule has 1 unspecified atom stereocenters. The third kappa shape index (κ3) is 5.37. The van der Waals surface area contributed by atoms with Crippen molar-refractivity contribution in [2.24, 2.45) is 5.92 Å². The van der Waals surface area contributed by atoms with E-state index in [9.17, 15) is 8.78 Å². The van der Waals surface area contributed by atoms with Crippen LogP contribution in [0.1, 0.15) is 25.1 Å². The molecule has 2 N–H and O–H groups in total. The van der Waals surface area contributed by atoms with Crippen molar-refractivity contribution in [3.05, 3.63) is 30.5 Å². The molecule has 0 saturated carbocycles. The van der Waals surface area contributed by atoms with E-state index in [-0.39, 0.29) is 0 Å². The van der Waals surface area contributed by atoms with Gasteiger partial charge in [-0.2, -0.15) is 11.8 Å². The quantitative estimate of drug-likeness (QED) is 0.644. The minimum atomic E-state index is -2.79. The molecule has 0 spiro atoms. The second kappa shape index (κ2) is 9.77. The van der Waals surface area contributed by atoms with Gasteiger partial charge in [0.15, 0.2) is 0 Å². The number of piperidine rings is 1. The number of imidazole rings is 1. The highest BCUT2D eigenvalue weighted by Crippen LogP contribution is 2.26.